The summed E-state index contributed by atoms with van der Waals surface area (Å²) in [6, 6.07) is 5.75. The van der Waals surface area contributed by atoms with Crippen LogP contribution < -0.4 is 4.74 Å². The number of thiazole rings is 1. The number of nitrogens with zero attached hydrogens (tertiary/aromatic N) is 1. The molecule has 0 radical (unpaired) electrons. The maximum absolute atomic E-state index is 10.5. The molecule has 6 heteroatoms. The normalized spacial score (nSPS) is 10.7. The number of hydrogen-bond acceptors (Lipinski definition) is 5. The number of carbonyl (C=O) groups is 1. The van der Waals surface area contributed by atoms with Crippen molar-refractivity contribution in [2.24, 2.45) is 0 Å². The van der Waals surface area contributed by atoms with Gasteiger partial charge < -0.3 is 9.84 Å². The monoisotopic (exact) mass is 283 g/mol. The predicted octanol–water partition coefficient (Wildman–Crippen LogP) is 3.26. The van der Waals surface area contributed by atoms with Crippen molar-refractivity contribution in [1.82, 2.24) is 4.98 Å². The molecule has 0 atom stereocenters. The Morgan fingerprint density at radius 3 is 3.11 bits per heavy atom. The molecule has 0 spiro atoms. The second kappa shape index (κ2) is 6.06. The summed E-state index contributed by atoms with van der Waals surface area (Å²) in [7, 11) is 0. The quantitative estimate of drug-likeness (QED) is 0.825. The van der Waals surface area contributed by atoms with Gasteiger partial charge in [0.2, 0.25) is 0 Å². The molecule has 96 valence electrons. The first kappa shape index (κ1) is 13.2. The van der Waals surface area contributed by atoms with Gasteiger partial charge >= 0.3 is 5.97 Å². The van der Waals surface area contributed by atoms with Crippen LogP contribution >= 0.6 is 23.1 Å². The van der Waals surface area contributed by atoms with Crippen LogP contribution in [0.15, 0.2) is 22.5 Å². The van der Waals surface area contributed by atoms with Crippen molar-refractivity contribution < 1.29 is 14.6 Å². The van der Waals surface area contributed by atoms with Crippen molar-refractivity contribution in [3.8, 4) is 5.75 Å². The van der Waals surface area contributed by atoms with Crippen LogP contribution in [0.4, 0.5) is 0 Å². The molecule has 0 aliphatic heterocycles. The fourth-order valence-corrected chi connectivity index (χ4v) is 3.20. The van der Waals surface area contributed by atoms with Crippen molar-refractivity contribution in [3.05, 3.63) is 18.2 Å². The van der Waals surface area contributed by atoms with Crippen LogP contribution in [0.5, 0.6) is 5.75 Å². The SMILES string of the molecule is CCCOc1ccc2nc(SCC(=O)O)sc2c1. The maximum Gasteiger partial charge on any atom is 0.313 e. The van der Waals surface area contributed by atoms with E-state index in [2.05, 4.69) is 11.9 Å². The molecule has 0 aliphatic carbocycles. The van der Waals surface area contributed by atoms with Gasteiger partial charge in [-0.25, -0.2) is 4.98 Å². The van der Waals surface area contributed by atoms with Crippen LogP contribution in [0, 0.1) is 0 Å². The molecular weight excluding hydrogens is 270 g/mol. The van der Waals surface area contributed by atoms with Gasteiger partial charge in [-0.1, -0.05) is 18.7 Å². The van der Waals surface area contributed by atoms with Crippen LogP contribution in [0.2, 0.25) is 0 Å². The number of rotatable bonds is 6. The molecule has 0 amide bonds. The third-order valence-corrected chi connectivity index (χ3v) is 4.28. The number of carboxylic acids is 1. The van der Waals surface area contributed by atoms with Crippen molar-refractivity contribution >= 4 is 39.3 Å². The molecule has 0 saturated heterocycles. The van der Waals surface area contributed by atoms with E-state index in [1.165, 1.54) is 23.1 Å². The van der Waals surface area contributed by atoms with Gasteiger partial charge in [0.1, 0.15) is 5.75 Å². The van der Waals surface area contributed by atoms with E-state index in [1.807, 2.05) is 18.2 Å². The zero-order chi connectivity index (χ0) is 13.0. The molecule has 1 aromatic heterocycles. The first-order valence-electron chi connectivity index (χ1n) is 5.57. The van der Waals surface area contributed by atoms with E-state index in [-0.39, 0.29) is 5.75 Å². The van der Waals surface area contributed by atoms with Crippen molar-refractivity contribution in [1.29, 1.82) is 0 Å². The molecular formula is C12H13NO3S2. The lowest BCUT2D eigenvalue weighted by Crippen LogP contribution is -1.96. The molecule has 18 heavy (non-hydrogen) atoms. The van der Waals surface area contributed by atoms with Gasteiger partial charge in [-0.05, 0) is 24.6 Å². The van der Waals surface area contributed by atoms with Gasteiger partial charge in [0, 0.05) is 0 Å². The number of hydrogen-bond donors (Lipinski definition) is 1. The van der Waals surface area contributed by atoms with Gasteiger partial charge in [0.15, 0.2) is 4.34 Å². The van der Waals surface area contributed by atoms with Crippen LogP contribution in [-0.4, -0.2) is 28.4 Å². The van der Waals surface area contributed by atoms with Gasteiger partial charge in [0.25, 0.3) is 0 Å². The Labute approximate surface area is 113 Å². The molecule has 2 rings (SSSR count). The van der Waals surface area contributed by atoms with E-state index < -0.39 is 5.97 Å². The van der Waals surface area contributed by atoms with E-state index in [1.54, 1.807) is 0 Å². The lowest BCUT2D eigenvalue weighted by atomic mass is 10.3. The highest BCUT2D eigenvalue weighted by Crippen LogP contribution is 2.31. The van der Waals surface area contributed by atoms with Crippen LogP contribution in [0.3, 0.4) is 0 Å². The zero-order valence-corrected chi connectivity index (χ0v) is 11.5. The molecule has 1 N–H and O–H groups in total. The number of benzene rings is 1. The maximum atomic E-state index is 10.5. The summed E-state index contributed by atoms with van der Waals surface area (Å²) in [5.74, 6) is 0.0490. The fourth-order valence-electron chi connectivity index (χ4n) is 1.38. The molecule has 0 saturated carbocycles. The number of thioether (sulfide) groups is 1. The summed E-state index contributed by atoms with van der Waals surface area (Å²) >= 11 is 2.74. The summed E-state index contributed by atoms with van der Waals surface area (Å²) in [5.41, 5.74) is 0.886. The van der Waals surface area contributed by atoms with E-state index >= 15 is 0 Å². The Kier molecular flexibility index (Phi) is 4.43. The highest BCUT2D eigenvalue weighted by Gasteiger charge is 2.07. The summed E-state index contributed by atoms with van der Waals surface area (Å²) < 4.78 is 7.35. The molecule has 0 bridgehead atoms. The van der Waals surface area contributed by atoms with Gasteiger partial charge in [-0.3, -0.25) is 4.79 Å². The minimum atomic E-state index is -0.828. The summed E-state index contributed by atoms with van der Waals surface area (Å²) in [6.45, 7) is 2.76. The van der Waals surface area contributed by atoms with Crippen LogP contribution in [0.1, 0.15) is 13.3 Å². The molecule has 0 fully saturated rings. The largest absolute Gasteiger partial charge is 0.494 e. The summed E-state index contributed by atoms with van der Waals surface area (Å²) in [4.78, 5) is 14.9. The first-order chi connectivity index (χ1) is 8.69. The van der Waals surface area contributed by atoms with Gasteiger partial charge in [-0.2, -0.15) is 0 Å². The minimum absolute atomic E-state index is 0.0407. The van der Waals surface area contributed by atoms with E-state index in [9.17, 15) is 4.79 Å². The van der Waals surface area contributed by atoms with Gasteiger partial charge in [0.05, 0.1) is 22.6 Å². The second-order valence-corrected chi connectivity index (χ2v) is 5.89. The Balaban J connectivity index is 2.14. The lowest BCUT2D eigenvalue weighted by molar-refractivity contribution is -0.133. The average molecular weight is 283 g/mol. The fraction of sp³-hybridized carbons (Fsp3) is 0.333. The smallest absolute Gasteiger partial charge is 0.313 e. The zero-order valence-electron chi connectivity index (χ0n) is 9.88. The number of carboxylic acid groups (broad SMARTS) is 1. The average Bonchev–Trinajstić information content (AvgIpc) is 2.75. The Morgan fingerprint density at radius 2 is 2.39 bits per heavy atom. The highest BCUT2D eigenvalue weighted by atomic mass is 32.2. The number of fused-ring (bicyclic) bond motifs is 1. The summed E-state index contributed by atoms with van der Waals surface area (Å²) in [5, 5.41) is 8.63. The molecule has 1 heterocycles. The predicted molar refractivity (Wildman–Crippen MR) is 73.8 cm³/mol. The van der Waals surface area contributed by atoms with Crippen molar-refractivity contribution in [2.75, 3.05) is 12.4 Å². The van der Waals surface area contributed by atoms with Crippen molar-refractivity contribution in [2.45, 2.75) is 17.7 Å². The molecule has 4 nitrogen and oxygen atoms in total. The molecule has 0 unspecified atom stereocenters. The number of ether oxygens (including phenoxy) is 1. The first-order valence-corrected chi connectivity index (χ1v) is 7.37. The van der Waals surface area contributed by atoms with E-state index in [0.29, 0.717) is 6.61 Å². The molecule has 2 aromatic rings. The second-order valence-electron chi connectivity index (χ2n) is 3.64. The van der Waals surface area contributed by atoms with Crippen LogP contribution in [-0.2, 0) is 4.79 Å². The number of aromatic nitrogens is 1. The Bertz CT molecular complexity index is 553. The van der Waals surface area contributed by atoms with Crippen LogP contribution in [0.25, 0.3) is 10.2 Å². The topological polar surface area (TPSA) is 59.4 Å². The highest BCUT2D eigenvalue weighted by molar-refractivity contribution is 8.01. The standard InChI is InChI=1S/C12H13NO3S2/c1-2-5-16-8-3-4-9-10(6-8)18-12(13-9)17-7-11(14)15/h3-4,6H,2,5,7H2,1H3,(H,14,15). The molecule has 0 aliphatic rings. The third kappa shape index (κ3) is 3.36. The Morgan fingerprint density at radius 1 is 1.56 bits per heavy atom. The molecule has 1 aromatic carbocycles. The van der Waals surface area contributed by atoms with Crippen molar-refractivity contribution in [3.63, 3.8) is 0 Å². The summed E-state index contributed by atoms with van der Waals surface area (Å²) in [6.07, 6.45) is 0.973. The minimum Gasteiger partial charge on any atom is -0.494 e. The third-order valence-electron chi connectivity index (χ3n) is 2.13. The Hall–Kier alpha value is -1.27. The van der Waals surface area contributed by atoms with E-state index in [4.69, 9.17) is 9.84 Å². The van der Waals surface area contributed by atoms with Gasteiger partial charge in [-0.15, -0.1) is 11.3 Å². The van der Waals surface area contributed by atoms with E-state index in [0.717, 1.165) is 26.7 Å². The number of aliphatic carboxylic acids is 1. The lowest BCUT2D eigenvalue weighted by Gasteiger charge is -2.02.